The lowest BCUT2D eigenvalue weighted by Crippen LogP contribution is -2.37. The van der Waals surface area contributed by atoms with Crippen molar-refractivity contribution in [2.75, 3.05) is 0 Å². The number of hydrogen-bond acceptors (Lipinski definition) is 4. The SMILES string of the molecule is CC1CCC(c2nc(C(C)(C)C)ncc2B(O)O)CC1. The first-order chi connectivity index (χ1) is 9.29. The predicted molar refractivity (Wildman–Crippen MR) is 80.9 cm³/mol. The molecule has 1 fully saturated rings. The molecule has 0 aromatic carbocycles. The minimum atomic E-state index is -1.49. The molecule has 1 heterocycles. The molecule has 0 atom stereocenters. The lowest BCUT2D eigenvalue weighted by Gasteiger charge is -2.28. The third-order valence-corrected chi connectivity index (χ3v) is 4.20. The summed E-state index contributed by atoms with van der Waals surface area (Å²) in [4.78, 5) is 8.99. The van der Waals surface area contributed by atoms with Crippen LogP contribution in [0, 0.1) is 5.92 Å². The summed E-state index contributed by atoms with van der Waals surface area (Å²) in [5.74, 6) is 1.86. The average molecular weight is 276 g/mol. The molecule has 1 saturated carbocycles. The van der Waals surface area contributed by atoms with Crippen molar-refractivity contribution in [1.29, 1.82) is 0 Å². The van der Waals surface area contributed by atoms with Gasteiger partial charge >= 0.3 is 7.12 Å². The normalized spacial score (nSPS) is 23.7. The van der Waals surface area contributed by atoms with E-state index >= 15 is 0 Å². The first kappa shape index (κ1) is 15.5. The van der Waals surface area contributed by atoms with E-state index in [-0.39, 0.29) is 5.41 Å². The minimum absolute atomic E-state index is 0.129. The molecule has 5 heteroatoms. The van der Waals surface area contributed by atoms with Gasteiger partial charge in [-0.2, -0.15) is 0 Å². The molecule has 2 rings (SSSR count). The van der Waals surface area contributed by atoms with E-state index in [9.17, 15) is 10.0 Å². The first-order valence-electron chi connectivity index (χ1n) is 7.52. The van der Waals surface area contributed by atoms with Crippen molar-refractivity contribution in [3.8, 4) is 0 Å². The molecular formula is C15H25BN2O2. The summed E-state index contributed by atoms with van der Waals surface area (Å²) in [6.07, 6.45) is 6.09. The van der Waals surface area contributed by atoms with Gasteiger partial charge in [0, 0.05) is 28.7 Å². The fourth-order valence-corrected chi connectivity index (χ4v) is 2.83. The Labute approximate surface area is 121 Å². The van der Waals surface area contributed by atoms with Crippen molar-refractivity contribution in [2.45, 2.75) is 64.7 Å². The Morgan fingerprint density at radius 1 is 1.15 bits per heavy atom. The van der Waals surface area contributed by atoms with E-state index in [0.717, 1.165) is 30.3 Å². The number of rotatable bonds is 2. The topological polar surface area (TPSA) is 66.2 Å². The van der Waals surface area contributed by atoms with Crippen molar-refractivity contribution >= 4 is 12.6 Å². The molecule has 4 nitrogen and oxygen atoms in total. The maximum atomic E-state index is 9.56. The van der Waals surface area contributed by atoms with Crippen LogP contribution in [0.5, 0.6) is 0 Å². The van der Waals surface area contributed by atoms with Crippen LogP contribution >= 0.6 is 0 Å². The van der Waals surface area contributed by atoms with Crippen LogP contribution in [0.4, 0.5) is 0 Å². The molecule has 0 bridgehead atoms. The molecule has 1 aliphatic rings. The Kier molecular flexibility index (Phi) is 4.50. The molecule has 0 aliphatic heterocycles. The van der Waals surface area contributed by atoms with Crippen LogP contribution in [0.15, 0.2) is 6.20 Å². The fourth-order valence-electron chi connectivity index (χ4n) is 2.83. The van der Waals surface area contributed by atoms with Crippen LogP contribution in [-0.2, 0) is 5.41 Å². The Bertz CT molecular complexity index is 463. The van der Waals surface area contributed by atoms with Crippen LogP contribution in [0.25, 0.3) is 0 Å². The molecule has 0 amide bonds. The minimum Gasteiger partial charge on any atom is -0.423 e. The van der Waals surface area contributed by atoms with Gasteiger partial charge in [0.1, 0.15) is 5.82 Å². The van der Waals surface area contributed by atoms with E-state index in [2.05, 4.69) is 37.7 Å². The van der Waals surface area contributed by atoms with Crippen LogP contribution in [-0.4, -0.2) is 27.1 Å². The van der Waals surface area contributed by atoms with Crippen molar-refractivity contribution in [2.24, 2.45) is 5.92 Å². The Hall–Kier alpha value is -0.935. The monoisotopic (exact) mass is 276 g/mol. The van der Waals surface area contributed by atoms with Gasteiger partial charge in [0.15, 0.2) is 0 Å². The third-order valence-electron chi connectivity index (χ3n) is 4.20. The summed E-state index contributed by atoms with van der Waals surface area (Å²) in [6, 6.07) is 0. The van der Waals surface area contributed by atoms with Crippen LogP contribution in [0.2, 0.25) is 0 Å². The van der Waals surface area contributed by atoms with Gasteiger partial charge in [-0.25, -0.2) is 9.97 Å². The fraction of sp³-hybridized carbons (Fsp3) is 0.733. The first-order valence-corrected chi connectivity index (χ1v) is 7.52. The highest BCUT2D eigenvalue weighted by Gasteiger charge is 2.29. The Balaban J connectivity index is 2.37. The standard InChI is InChI=1S/C15H25BN2O2/c1-10-5-7-11(8-6-10)13-12(16(19)20)9-17-14(18-13)15(2,3)4/h9-11,19-20H,5-8H2,1-4H3. The van der Waals surface area contributed by atoms with Gasteiger partial charge in [-0.1, -0.05) is 40.5 Å². The zero-order valence-corrected chi connectivity index (χ0v) is 12.9. The summed E-state index contributed by atoms with van der Waals surface area (Å²) in [5.41, 5.74) is 1.18. The van der Waals surface area contributed by atoms with E-state index < -0.39 is 7.12 Å². The van der Waals surface area contributed by atoms with Crippen molar-refractivity contribution < 1.29 is 10.0 Å². The van der Waals surface area contributed by atoms with Gasteiger partial charge in [0.05, 0.1) is 0 Å². The Morgan fingerprint density at radius 3 is 2.25 bits per heavy atom. The maximum Gasteiger partial charge on any atom is 0.491 e. The zero-order valence-electron chi connectivity index (χ0n) is 12.9. The van der Waals surface area contributed by atoms with Gasteiger partial charge in [0.25, 0.3) is 0 Å². The van der Waals surface area contributed by atoms with E-state index in [0.29, 0.717) is 11.4 Å². The molecule has 110 valence electrons. The molecule has 1 aromatic heterocycles. The van der Waals surface area contributed by atoms with Crippen LogP contribution in [0.3, 0.4) is 0 Å². The molecule has 0 radical (unpaired) electrons. The summed E-state index contributed by atoms with van der Waals surface area (Å²) < 4.78 is 0. The summed E-state index contributed by atoms with van der Waals surface area (Å²) in [5, 5.41) is 19.1. The van der Waals surface area contributed by atoms with Gasteiger partial charge in [0.2, 0.25) is 0 Å². The van der Waals surface area contributed by atoms with Gasteiger partial charge < -0.3 is 10.0 Å². The predicted octanol–water partition coefficient (Wildman–Crippen LogP) is 1.75. The number of hydrogen-bond donors (Lipinski definition) is 2. The maximum absolute atomic E-state index is 9.56. The second kappa shape index (κ2) is 5.82. The van der Waals surface area contributed by atoms with E-state index in [1.54, 1.807) is 6.20 Å². The lowest BCUT2D eigenvalue weighted by molar-refractivity contribution is 0.342. The van der Waals surface area contributed by atoms with Crippen molar-refractivity contribution in [1.82, 2.24) is 9.97 Å². The quantitative estimate of drug-likeness (QED) is 0.808. The van der Waals surface area contributed by atoms with Crippen molar-refractivity contribution in [3.05, 3.63) is 17.7 Å². The summed E-state index contributed by atoms with van der Waals surface area (Å²) in [7, 11) is -1.49. The lowest BCUT2D eigenvalue weighted by atomic mass is 9.72. The largest absolute Gasteiger partial charge is 0.491 e. The molecule has 0 unspecified atom stereocenters. The third kappa shape index (κ3) is 3.39. The molecule has 0 spiro atoms. The van der Waals surface area contributed by atoms with E-state index in [4.69, 9.17) is 0 Å². The Morgan fingerprint density at radius 2 is 1.75 bits per heavy atom. The molecule has 1 aromatic rings. The van der Waals surface area contributed by atoms with Crippen LogP contribution in [0.1, 0.15) is 70.8 Å². The van der Waals surface area contributed by atoms with Gasteiger partial charge in [-0.15, -0.1) is 0 Å². The second-order valence-corrected chi connectivity index (χ2v) is 7.11. The van der Waals surface area contributed by atoms with E-state index in [1.807, 2.05) is 0 Å². The smallest absolute Gasteiger partial charge is 0.423 e. The molecule has 20 heavy (non-hydrogen) atoms. The molecule has 1 aliphatic carbocycles. The second-order valence-electron chi connectivity index (χ2n) is 7.11. The number of nitrogens with zero attached hydrogens (tertiary/aromatic N) is 2. The highest BCUT2D eigenvalue weighted by atomic mass is 16.4. The van der Waals surface area contributed by atoms with Crippen molar-refractivity contribution in [3.63, 3.8) is 0 Å². The molecule has 0 saturated heterocycles. The van der Waals surface area contributed by atoms with E-state index in [1.165, 1.54) is 12.8 Å². The zero-order chi connectivity index (χ0) is 14.9. The molecule has 2 N–H and O–H groups in total. The highest BCUT2D eigenvalue weighted by molar-refractivity contribution is 6.59. The summed E-state index contributed by atoms with van der Waals surface area (Å²) >= 11 is 0. The average Bonchev–Trinajstić information content (AvgIpc) is 2.37. The van der Waals surface area contributed by atoms with Gasteiger partial charge in [-0.05, 0) is 18.8 Å². The van der Waals surface area contributed by atoms with Crippen LogP contribution < -0.4 is 5.46 Å². The molecular weight excluding hydrogens is 251 g/mol. The number of aromatic nitrogens is 2. The van der Waals surface area contributed by atoms with Gasteiger partial charge in [-0.3, -0.25) is 0 Å². The summed E-state index contributed by atoms with van der Waals surface area (Å²) in [6.45, 7) is 8.50. The highest BCUT2D eigenvalue weighted by Crippen LogP contribution is 2.34.